The summed E-state index contributed by atoms with van der Waals surface area (Å²) < 4.78 is 47.7. The fourth-order valence-electron chi connectivity index (χ4n) is 3.11. The van der Waals surface area contributed by atoms with Crippen LogP contribution < -0.4 is 10.1 Å². The lowest BCUT2D eigenvalue weighted by Crippen LogP contribution is -2.29. The van der Waals surface area contributed by atoms with Crippen LogP contribution in [0.3, 0.4) is 0 Å². The number of rotatable bonds is 5. The number of benzene rings is 1. The molecule has 1 saturated carbocycles. The van der Waals surface area contributed by atoms with E-state index in [9.17, 15) is 18.0 Å². The maximum atomic E-state index is 14.3. The Kier molecular flexibility index (Phi) is 4.29. The minimum absolute atomic E-state index is 0.0199. The molecule has 28 heavy (non-hydrogen) atoms. The van der Waals surface area contributed by atoms with Crippen molar-refractivity contribution in [2.75, 3.05) is 12.4 Å². The van der Waals surface area contributed by atoms with E-state index in [0.29, 0.717) is 18.4 Å². The lowest BCUT2D eigenvalue weighted by atomic mass is 9.94. The molecule has 1 aliphatic carbocycles. The van der Waals surface area contributed by atoms with Crippen LogP contribution in [-0.4, -0.2) is 27.8 Å². The van der Waals surface area contributed by atoms with E-state index < -0.39 is 28.9 Å². The number of methoxy groups -OCH3 is 1. The van der Waals surface area contributed by atoms with Gasteiger partial charge in [0.25, 0.3) is 0 Å². The van der Waals surface area contributed by atoms with Crippen LogP contribution >= 0.6 is 0 Å². The number of nitrogens with one attached hydrogen (secondary N) is 1. The highest BCUT2D eigenvalue weighted by Gasteiger charge is 2.52. The zero-order chi connectivity index (χ0) is 19.9. The minimum atomic E-state index is -0.987. The monoisotopic (exact) mass is 388 g/mol. The van der Waals surface area contributed by atoms with Crippen molar-refractivity contribution in [3.8, 4) is 11.6 Å². The highest BCUT2D eigenvalue weighted by Crippen LogP contribution is 2.49. The van der Waals surface area contributed by atoms with Crippen molar-refractivity contribution in [3.63, 3.8) is 0 Å². The Bertz CT molecular complexity index is 1060. The third-order valence-corrected chi connectivity index (χ3v) is 4.71. The zero-order valence-corrected chi connectivity index (χ0v) is 14.7. The van der Waals surface area contributed by atoms with Gasteiger partial charge in [0.05, 0.1) is 24.4 Å². The van der Waals surface area contributed by atoms with Crippen molar-refractivity contribution in [1.82, 2.24) is 14.8 Å². The van der Waals surface area contributed by atoms with E-state index >= 15 is 0 Å². The lowest BCUT2D eigenvalue weighted by Gasteiger charge is -2.15. The standard InChI is InChI=1S/C19H15F3N4O2/c1-28-17-14(21)8-11(10-23-17)26-15(22)9-16(25-26)24-18(27)19(6-7-19)12-4-2-3-5-13(12)20/h2-5,8-10H,6-7H2,1H3,(H,24,25,27). The number of hydrogen-bond donors (Lipinski definition) is 1. The Balaban J connectivity index is 1.59. The molecule has 1 aliphatic rings. The molecule has 1 aromatic carbocycles. The van der Waals surface area contributed by atoms with Crippen molar-refractivity contribution in [2.45, 2.75) is 18.3 Å². The van der Waals surface area contributed by atoms with Gasteiger partial charge in [-0.3, -0.25) is 4.79 Å². The molecule has 1 fully saturated rings. The first-order chi connectivity index (χ1) is 13.4. The van der Waals surface area contributed by atoms with E-state index in [1.165, 1.54) is 19.4 Å². The first-order valence-electron chi connectivity index (χ1n) is 8.46. The number of nitrogens with zero attached hydrogens (tertiary/aromatic N) is 3. The number of carbonyl (C=O) groups excluding carboxylic acids is 1. The van der Waals surface area contributed by atoms with Gasteiger partial charge >= 0.3 is 0 Å². The molecule has 0 atom stereocenters. The molecule has 0 aliphatic heterocycles. The lowest BCUT2D eigenvalue weighted by molar-refractivity contribution is -0.118. The first-order valence-corrected chi connectivity index (χ1v) is 8.46. The number of ether oxygens (including phenoxy) is 1. The van der Waals surface area contributed by atoms with E-state index in [4.69, 9.17) is 4.74 Å². The van der Waals surface area contributed by atoms with Crippen LogP contribution in [-0.2, 0) is 10.2 Å². The third-order valence-electron chi connectivity index (χ3n) is 4.71. The summed E-state index contributed by atoms with van der Waals surface area (Å²) in [5.74, 6) is -2.84. The second-order valence-electron chi connectivity index (χ2n) is 6.46. The second kappa shape index (κ2) is 6.66. The molecule has 6 nitrogen and oxygen atoms in total. The van der Waals surface area contributed by atoms with Gasteiger partial charge in [0, 0.05) is 17.7 Å². The summed E-state index contributed by atoms with van der Waals surface area (Å²) in [6.45, 7) is 0. The van der Waals surface area contributed by atoms with E-state index in [-0.39, 0.29) is 17.4 Å². The van der Waals surface area contributed by atoms with Crippen LogP contribution in [0.1, 0.15) is 18.4 Å². The van der Waals surface area contributed by atoms with Gasteiger partial charge in [-0.2, -0.15) is 4.39 Å². The van der Waals surface area contributed by atoms with Gasteiger partial charge in [0.2, 0.25) is 17.7 Å². The average Bonchev–Trinajstić information content (AvgIpc) is 3.40. The van der Waals surface area contributed by atoms with Crippen LogP contribution in [0.4, 0.5) is 19.0 Å². The predicted octanol–water partition coefficient (Wildman–Crippen LogP) is 3.36. The number of aromatic nitrogens is 3. The van der Waals surface area contributed by atoms with Gasteiger partial charge in [-0.15, -0.1) is 5.10 Å². The topological polar surface area (TPSA) is 69.0 Å². The second-order valence-corrected chi connectivity index (χ2v) is 6.46. The Labute approximate surface area is 158 Å². The average molecular weight is 388 g/mol. The largest absolute Gasteiger partial charge is 0.479 e. The normalized spacial score (nSPS) is 14.6. The fraction of sp³-hybridized carbons (Fsp3) is 0.211. The van der Waals surface area contributed by atoms with Crippen molar-refractivity contribution in [3.05, 3.63) is 65.7 Å². The van der Waals surface area contributed by atoms with Crippen molar-refractivity contribution in [1.29, 1.82) is 0 Å². The number of hydrogen-bond acceptors (Lipinski definition) is 4. The van der Waals surface area contributed by atoms with Crippen LogP contribution in [0.2, 0.25) is 0 Å². The minimum Gasteiger partial charge on any atom is -0.479 e. The predicted molar refractivity (Wildman–Crippen MR) is 93.8 cm³/mol. The van der Waals surface area contributed by atoms with Crippen molar-refractivity contribution < 1.29 is 22.7 Å². The molecular weight excluding hydrogens is 373 g/mol. The number of amides is 1. The first kappa shape index (κ1) is 18.0. The van der Waals surface area contributed by atoms with Crippen molar-refractivity contribution in [2.24, 2.45) is 0 Å². The molecule has 2 aromatic heterocycles. The molecule has 9 heteroatoms. The molecule has 0 spiro atoms. The van der Waals surface area contributed by atoms with Crippen LogP contribution in [0.15, 0.2) is 42.6 Å². The van der Waals surface area contributed by atoms with E-state index in [0.717, 1.165) is 16.8 Å². The van der Waals surface area contributed by atoms with Crippen LogP contribution in [0.25, 0.3) is 5.69 Å². The molecule has 0 radical (unpaired) electrons. The van der Waals surface area contributed by atoms with Crippen LogP contribution in [0, 0.1) is 17.6 Å². The fourth-order valence-corrected chi connectivity index (χ4v) is 3.11. The van der Waals surface area contributed by atoms with E-state index in [1.54, 1.807) is 18.2 Å². The molecule has 1 N–H and O–H groups in total. The molecule has 2 heterocycles. The summed E-state index contributed by atoms with van der Waals surface area (Å²) in [5.41, 5.74) is -0.667. The Morgan fingerprint density at radius 1 is 1.18 bits per heavy atom. The summed E-state index contributed by atoms with van der Waals surface area (Å²) in [6.07, 6.45) is 2.15. The van der Waals surface area contributed by atoms with Gasteiger partial charge in [0.1, 0.15) is 5.82 Å². The van der Waals surface area contributed by atoms with Crippen molar-refractivity contribution >= 4 is 11.7 Å². The van der Waals surface area contributed by atoms with E-state index in [1.807, 2.05) is 0 Å². The number of anilines is 1. The third kappa shape index (κ3) is 2.98. The van der Waals surface area contributed by atoms with Gasteiger partial charge in [-0.1, -0.05) is 18.2 Å². The Morgan fingerprint density at radius 3 is 2.57 bits per heavy atom. The molecule has 4 rings (SSSR count). The quantitative estimate of drug-likeness (QED) is 0.728. The van der Waals surface area contributed by atoms with Crippen LogP contribution in [0.5, 0.6) is 5.88 Å². The van der Waals surface area contributed by atoms with Gasteiger partial charge in [-0.25, -0.2) is 18.4 Å². The highest BCUT2D eigenvalue weighted by molar-refractivity contribution is 6.00. The number of carbonyl (C=O) groups is 1. The molecule has 0 unspecified atom stereocenters. The zero-order valence-electron chi connectivity index (χ0n) is 14.7. The Morgan fingerprint density at radius 2 is 1.93 bits per heavy atom. The molecule has 1 amide bonds. The number of halogens is 3. The molecule has 0 bridgehead atoms. The summed E-state index contributed by atoms with van der Waals surface area (Å²) >= 11 is 0. The summed E-state index contributed by atoms with van der Waals surface area (Å²) in [7, 11) is 1.26. The maximum Gasteiger partial charge on any atom is 0.250 e. The molecule has 3 aromatic rings. The SMILES string of the molecule is COc1ncc(-n2nc(NC(=O)C3(c4ccccc4F)CC3)cc2F)cc1F. The molecular formula is C19H15F3N4O2. The van der Waals surface area contributed by atoms with Gasteiger partial charge in [-0.05, 0) is 18.9 Å². The maximum absolute atomic E-state index is 14.3. The Hall–Kier alpha value is -3.36. The number of pyridine rings is 1. The van der Waals surface area contributed by atoms with Gasteiger partial charge < -0.3 is 10.1 Å². The summed E-state index contributed by atoms with van der Waals surface area (Å²) in [5, 5.41) is 6.46. The summed E-state index contributed by atoms with van der Waals surface area (Å²) in [6, 6.07) is 8.07. The van der Waals surface area contributed by atoms with E-state index in [2.05, 4.69) is 15.4 Å². The highest BCUT2D eigenvalue weighted by atomic mass is 19.1. The molecule has 0 saturated heterocycles. The molecule has 144 valence electrons. The summed E-state index contributed by atoms with van der Waals surface area (Å²) in [4.78, 5) is 16.4. The van der Waals surface area contributed by atoms with Gasteiger partial charge in [0.15, 0.2) is 11.6 Å². The smallest absolute Gasteiger partial charge is 0.250 e.